The number of para-hydroxylation sites is 1. The minimum absolute atomic E-state index is 0.158. The van der Waals surface area contributed by atoms with E-state index in [1.54, 1.807) is 4.90 Å². The summed E-state index contributed by atoms with van der Waals surface area (Å²) in [5.41, 5.74) is 3.89. The maximum atomic E-state index is 13.1. The molecule has 0 spiro atoms. The van der Waals surface area contributed by atoms with Gasteiger partial charge in [-0.3, -0.25) is 0 Å². The van der Waals surface area contributed by atoms with Gasteiger partial charge in [0.1, 0.15) is 6.04 Å². The number of benzene rings is 2. The first-order valence-electron chi connectivity index (χ1n) is 9.14. The molecule has 1 aliphatic rings. The lowest BCUT2D eigenvalue weighted by Gasteiger charge is -2.39. The van der Waals surface area contributed by atoms with E-state index < -0.39 is 9.83 Å². The molecule has 2 amide bonds. The quantitative estimate of drug-likeness (QED) is 0.482. The Labute approximate surface area is 178 Å². The van der Waals surface area contributed by atoms with Gasteiger partial charge in [0.2, 0.25) is 3.79 Å². The van der Waals surface area contributed by atoms with Crippen LogP contribution < -0.4 is 5.32 Å². The van der Waals surface area contributed by atoms with Gasteiger partial charge in [-0.15, -0.1) is 0 Å². The second-order valence-corrected chi connectivity index (χ2v) is 9.40. The Hall–Kier alpha value is -1.88. The fourth-order valence-electron chi connectivity index (χ4n) is 3.89. The molecular weight excluding hydrogens is 417 g/mol. The summed E-state index contributed by atoms with van der Waals surface area (Å²) >= 11 is 19.0. The second kappa shape index (κ2) is 7.51. The van der Waals surface area contributed by atoms with E-state index in [0.29, 0.717) is 13.0 Å². The molecule has 3 aromatic rings. The zero-order valence-corrected chi connectivity index (χ0v) is 17.5. The van der Waals surface area contributed by atoms with Crippen LogP contribution in [0.15, 0.2) is 54.6 Å². The number of aromatic nitrogens is 1. The predicted octanol–water partition coefficient (Wildman–Crippen LogP) is 5.91. The summed E-state index contributed by atoms with van der Waals surface area (Å²) in [6.45, 7) is 2.41. The first-order valence-corrected chi connectivity index (χ1v) is 10.3. The van der Waals surface area contributed by atoms with Crippen molar-refractivity contribution in [3.63, 3.8) is 0 Å². The van der Waals surface area contributed by atoms with Gasteiger partial charge in [-0.2, -0.15) is 0 Å². The molecule has 0 saturated heterocycles. The molecule has 0 bridgehead atoms. The van der Waals surface area contributed by atoms with Gasteiger partial charge in [0.25, 0.3) is 0 Å². The van der Waals surface area contributed by atoms with Crippen molar-refractivity contribution in [1.29, 1.82) is 0 Å². The molecule has 2 N–H and O–H groups in total. The predicted molar refractivity (Wildman–Crippen MR) is 115 cm³/mol. The van der Waals surface area contributed by atoms with Crippen LogP contribution in [0.4, 0.5) is 4.79 Å². The standard InChI is InChI=1S/C21H20Cl3N3O/c1-13(14-7-3-2-4-8-14)25-20(28)27-12-11-16-15-9-5-6-10-17(15)26-18(16)19(27)21(22,23)24/h2-10,13,19,26H,11-12H2,1H3,(H,25,28)/t13-,19?/m1/s1. The van der Waals surface area contributed by atoms with Crippen molar-refractivity contribution in [2.45, 2.75) is 29.2 Å². The van der Waals surface area contributed by atoms with E-state index in [1.807, 2.05) is 61.5 Å². The number of alkyl halides is 3. The number of nitrogens with one attached hydrogen (secondary N) is 2. The molecule has 2 heterocycles. The number of carbonyl (C=O) groups excluding carboxylic acids is 1. The molecule has 1 aromatic heterocycles. The van der Waals surface area contributed by atoms with Gasteiger partial charge in [0.15, 0.2) is 0 Å². The van der Waals surface area contributed by atoms with E-state index in [9.17, 15) is 4.79 Å². The second-order valence-electron chi connectivity index (χ2n) is 7.03. The maximum Gasteiger partial charge on any atom is 0.318 e. The SMILES string of the molecule is C[C@@H](NC(=O)N1CCc2c([nH]c3ccccc23)C1C(Cl)(Cl)Cl)c1ccccc1. The third kappa shape index (κ3) is 3.57. The van der Waals surface area contributed by atoms with Crippen molar-refractivity contribution in [3.8, 4) is 0 Å². The van der Waals surface area contributed by atoms with Gasteiger partial charge in [-0.05, 0) is 30.5 Å². The number of H-pyrrole nitrogens is 1. The lowest BCUT2D eigenvalue weighted by atomic mass is 9.98. The van der Waals surface area contributed by atoms with E-state index in [-0.39, 0.29) is 12.1 Å². The molecule has 1 unspecified atom stereocenters. The average molecular weight is 437 g/mol. The largest absolute Gasteiger partial charge is 0.356 e. The highest BCUT2D eigenvalue weighted by Gasteiger charge is 2.45. The van der Waals surface area contributed by atoms with Crippen molar-refractivity contribution < 1.29 is 4.79 Å². The molecule has 0 aliphatic carbocycles. The molecule has 1 aliphatic heterocycles. The van der Waals surface area contributed by atoms with Crippen LogP contribution in [0.5, 0.6) is 0 Å². The lowest BCUT2D eigenvalue weighted by molar-refractivity contribution is 0.166. The normalized spacial score (nSPS) is 18.0. The fourth-order valence-corrected chi connectivity index (χ4v) is 4.57. The Balaban J connectivity index is 1.66. The van der Waals surface area contributed by atoms with Crippen LogP contribution in [0.1, 0.15) is 35.8 Å². The van der Waals surface area contributed by atoms with Crippen LogP contribution in [0.2, 0.25) is 0 Å². The number of hydrogen-bond acceptors (Lipinski definition) is 1. The number of urea groups is 1. The first-order chi connectivity index (χ1) is 13.4. The third-order valence-electron chi connectivity index (χ3n) is 5.24. The summed E-state index contributed by atoms with van der Waals surface area (Å²) in [6.07, 6.45) is 0.698. The number of carbonyl (C=O) groups is 1. The summed E-state index contributed by atoms with van der Waals surface area (Å²) in [6, 6.07) is 16.7. The van der Waals surface area contributed by atoms with Crippen molar-refractivity contribution in [2.75, 3.05) is 6.54 Å². The number of halogens is 3. The third-order valence-corrected chi connectivity index (χ3v) is 5.87. The average Bonchev–Trinajstić information content (AvgIpc) is 3.05. The fraction of sp³-hybridized carbons (Fsp3) is 0.286. The molecular formula is C21H20Cl3N3O. The molecule has 7 heteroatoms. The summed E-state index contributed by atoms with van der Waals surface area (Å²) < 4.78 is -1.66. The minimum Gasteiger partial charge on any atom is -0.356 e. The highest BCUT2D eigenvalue weighted by molar-refractivity contribution is 6.68. The molecule has 4 nitrogen and oxygen atoms in total. The van der Waals surface area contributed by atoms with Crippen LogP contribution >= 0.6 is 34.8 Å². The number of aromatic amines is 1. The molecule has 4 rings (SSSR count). The minimum atomic E-state index is -1.66. The highest BCUT2D eigenvalue weighted by Crippen LogP contribution is 2.47. The van der Waals surface area contributed by atoms with Gasteiger partial charge in [-0.1, -0.05) is 83.3 Å². The van der Waals surface area contributed by atoms with E-state index >= 15 is 0 Å². The van der Waals surface area contributed by atoms with Gasteiger partial charge in [0, 0.05) is 23.1 Å². The van der Waals surface area contributed by atoms with Crippen LogP contribution in [0, 0.1) is 0 Å². The smallest absolute Gasteiger partial charge is 0.318 e. The lowest BCUT2D eigenvalue weighted by Crippen LogP contribution is -2.50. The van der Waals surface area contributed by atoms with Crippen molar-refractivity contribution in [1.82, 2.24) is 15.2 Å². The van der Waals surface area contributed by atoms with Gasteiger partial charge in [-0.25, -0.2) is 4.79 Å². The summed E-state index contributed by atoms with van der Waals surface area (Å²) in [5, 5.41) is 4.14. The Morgan fingerprint density at radius 1 is 1.14 bits per heavy atom. The first kappa shape index (κ1) is 19.4. The van der Waals surface area contributed by atoms with E-state index in [1.165, 1.54) is 0 Å². The molecule has 0 fully saturated rings. The molecule has 146 valence electrons. The summed E-state index contributed by atoms with van der Waals surface area (Å²) in [5.74, 6) is 0. The molecule has 2 atom stereocenters. The van der Waals surface area contributed by atoms with E-state index in [2.05, 4.69) is 10.3 Å². The number of amides is 2. The van der Waals surface area contributed by atoms with E-state index in [4.69, 9.17) is 34.8 Å². The maximum absolute atomic E-state index is 13.1. The van der Waals surface area contributed by atoms with Gasteiger partial charge in [0.05, 0.1) is 6.04 Å². The zero-order valence-electron chi connectivity index (χ0n) is 15.3. The summed E-state index contributed by atoms with van der Waals surface area (Å²) in [4.78, 5) is 18.1. The monoisotopic (exact) mass is 435 g/mol. The highest BCUT2D eigenvalue weighted by atomic mass is 35.6. The molecule has 28 heavy (non-hydrogen) atoms. The molecule has 0 saturated carbocycles. The number of rotatable bonds is 2. The Bertz CT molecular complexity index is 997. The van der Waals surface area contributed by atoms with Crippen LogP contribution in [0.3, 0.4) is 0 Å². The van der Waals surface area contributed by atoms with Crippen LogP contribution in [-0.4, -0.2) is 26.3 Å². The van der Waals surface area contributed by atoms with Crippen molar-refractivity contribution in [2.24, 2.45) is 0 Å². The zero-order chi connectivity index (χ0) is 19.9. The Morgan fingerprint density at radius 2 is 1.82 bits per heavy atom. The van der Waals surface area contributed by atoms with Crippen molar-refractivity contribution >= 4 is 51.7 Å². The molecule has 2 aromatic carbocycles. The number of hydrogen-bond donors (Lipinski definition) is 2. The number of fused-ring (bicyclic) bond motifs is 3. The number of nitrogens with zero attached hydrogens (tertiary/aromatic N) is 1. The van der Waals surface area contributed by atoms with Crippen molar-refractivity contribution in [3.05, 3.63) is 71.4 Å². The Kier molecular flexibility index (Phi) is 5.21. The Morgan fingerprint density at radius 3 is 2.54 bits per heavy atom. The van der Waals surface area contributed by atoms with Crippen LogP contribution in [-0.2, 0) is 6.42 Å². The summed E-state index contributed by atoms with van der Waals surface area (Å²) in [7, 11) is 0. The van der Waals surface area contributed by atoms with E-state index in [0.717, 1.165) is 27.7 Å². The van der Waals surface area contributed by atoms with Crippen LogP contribution in [0.25, 0.3) is 10.9 Å². The molecule has 0 radical (unpaired) electrons. The van der Waals surface area contributed by atoms with Gasteiger partial charge < -0.3 is 15.2 Å². The topological polar surface area (TPSA) is 48.1 Å². The van der Waals surface area contributed by atoms with Gasteiger partial charge >= 0.3 is 6.03 Å².